The number of pyridine rings is 1. The Morgan fingerprint density at radius 2 is 2.26 bits per heavy atom. The highest BCUT2D eigenvalue weighted by Crippen LogP contribution is 2.24. The van der Waals surface area contributed by atoms with Crippen LogP contribution in [0.15, 0.2) is 18.3 Å². The second kappa shape index (κ2) is 6.64. The number of morpholine rings is 1. The molecule has 1 aromatic rings. The van der Waals surface area contributed by atoms with Crippen molar-refractivity contribution in [3.8, 4) is 0 Å². The first-order valence-electron chi connectivity index (χ1n) is 7.47. The largest absolute Gasteiger partial charge is 0.369 e. The lowest BCUT2D eigenvalue weighted by Crippen LogP contribution is -2.53. The average molecular weight is 321 g/mol. The van der Waals surface area contributed by atoms with Gasteiger partial charge in [-0.05, 0) is 39.8 Å². The van der Waals surface area contributed by atoms with Crippen molar-refractivity contribution in [2.24, 2.45) is 0 Å². The third kappa shape index (κ3) is 4.74. The lowest BCUT2D eigenvalue weighted by molar-refractivity contribution is -0.135. The quantitative estimate of drug-likeness (QED) is 0.625. The first kappa shape index (κ1) is 17.4. The zero-order valence-electron chi connectivity index (χ0n) is 13.9. The number of carbonyl (C=O) groups is 2. The zero-order valence-corrected chi connectivity index (χ0v) is 13.9. The van der Waals surface area contributed by atoms with Gasteiger partial charge in [0.1, 0.15) is 12.1 Å². The molecule has 0 aromatic carbocycles. The minimum absolute atomic E-state index is 0.0557. The van der Waals surface area contributed by atoms with Crippen LogP contribution in [0.4, 0.5) is 5.69 Å². The van der Waals surface area contributed by atoms with Crippen LogP contribution in [0.5, 0.6) is 0 Å². The summed E-state index contributed by atoms with van der Waals surface area (Å²) in [6.07, 6.45) is 1.55. The predicted octanol–water partition coefficient (Wildman–Crippen LogP) is 1.20. The molecule has 1 aliphatic heterocycles. The molecule has 2 heterocycles. The Morgan fingerprint density at radius 1 is 1.52 bits per heavy atom. The summed E-state index contributed by atoms with van der Waals surface area (Å²) in [6, 6.07) is 3.51. The lowest BCUT2D eigenvalue weighted by Gasteiger charge is -2.34. The highest BCUT2D eigenvalue weighted by atomic mass is 16.5. The molecule has 7 nitrogen and oxygen atoms in total. The molecule has 0 spiro atoms. The van der Waals surface area contributed by atoms with Gasteiger partial charge in [0.25, 0.3) is 0 Å². The summed E-state index contributed by atoms with van der Waals surface area (Å²) in [5.74, 6) is -0.180. The molecular weight excluding hydrogens is 298 g/mol. The topological polar surface area (TPSA) is 89.6 Å². The van der Waals surface area contributed by atoms with Crippen molar-refractivity contribution in [2.75, 3.05) is 18.5 Å². The van der Waals surface area contributed by atoms with Crippen molar-refractivity contribution in [1.29, 1.82) is 0 Å². The molecule has 0 bridgehead atoms. The molecule has 0 saturated carbocycles. The second-order valence-corrected chi connectivity index (χ2v) is 6.73. The predicted molar refractivity (Wildman–Crippen MR) is 84.9 cm³/mol. The minimum atomic E-state index is -0.768. The number of nitrogens with zero attached hydrogens (tertiary/aromatic N) is 1. The van der Waals surface area contributed by atoms with Gasteiger partial charge in [0.2, 0.25) is 5.91 Å². The van der Waals surface area contributed by atoms with Crippen molar-refractivity contribution in [3.63, 3.8) is 0 Å². The zero-order chi connectivity index (χ0) is 17.1. The maximum absolute atomic E-state index is 11.6. The number of aromatic nitrogens is 1. The van der Waals surface area contributed by atoms with E-state index in [0.29, 0.717) is 24.3 Å². The molecule has 0 radical (unpaired) electrons. The van der Waals surface area contributed by atoms with Crippen molar-refractivity contribution in [2.45, 2.75) is 45.1 Å². The van der Waals surface area contributed by atoms with E-state index in [-0.39, 0.29) is 12.5 Å². The first-order valence-corrected chi connectivity index (χ1v) is 7.47. The van der Waals surface area contributed by atoms with Gasteiger partial charge in [0, 0.05) is 11.9 Å². The molecule has 2 rings (SSSR count). The van der Waals surface area contributed by atoms with Crippen molar-refractivity contribution in [1.82, 2.24) is 10.3 Å². The molecule has 0 aliphatic carbocycles. The Bertz CT molecular complexity index is 585. The maximum atomic E-state index is 11.6. The molecule has 7 heteroatoms. The minimum Gasteiger partial charge on any atom is -0.369 e. The number of hydrogen-bond donors (Lipinski definition) is 2. The second-order valence-electron chi connectivity index (χ2n) is 6.73. The molecule has 1 saturated heterocycles. The Hall–Kier alpha value is -1.99. The fraction of sp³-hybridized carbons (Fsp3) is 0.562. The Labute approximate surface area is 135 Å². The summed E-state index contributed by atoms with van der Waals surface area (Å²) in [4.78, 5) is 27.1. The third-order valence-electron chi connectivity index (χ3n) is 3.28. The number of nitrogens with one attached hydrogen (secondary N) is 2. The fourth-order valence-corrected chi connectivity index (χ4v) is 2.32. The van der Waals surface area contributed by atoms with Crippen LogP contribution in [0.1, 0.15) is 33.4 Å². The SMILES string of the molecule is CC(C)(C)OC(C=O)Nc1ccnc(C2(C)COCC(=O)N2)c1. The molecule has 1 aliphatic rings. The van der Waals surface area contributed by atoms with Crippen molar-refractivity contribution >= 4 is 17.9 Å². The van der Waals surface area contributed by atoms with Crippen LogP contribution in [0, 0.1) is 0 Å². The van der Waals surface area contributed by atoms with Crippen LogP contribution < -0.4 is 10.6 Å². The number of aldehydes is 1. The summed E-state index contributed by atoms with van der Waals surface area (Å²) >= 11 is 0. The Kier molecular flexibility index (Phi) is 5.01. The van der Waals surface area contributed by atoms with Gasteiger partial charge in [0.05, 0.1) is 17.9 Å². The van der Waals surface area contributed by atoms with Crippen molar-refractivity contribution in [3.05, 3.63) is 24.0 Å². The molecular formula is C16H23N3O4. The van der Waals surface area contributed by atoms with Gasteiger partial charge in [-0.1, -0.05) is 0 Å². The highest BCUT2D eigenvalue weighted by Gasteiger charge is 2.34. The molecule has 1 aromatic heterocycles. The molecule has 2 N–H and O–H groups in total. The van der Waals surface area contributed by atoms with E-state index >= 15 is 0 Å². The van der Waals surface area contributed by atoms with Gasteiger partial charge in [0.15, 0.2) is 12.5 Å². The van der Waals surface area contributed by atoms with E-state index in [9.17, 15) is 9.59 Å². The van der Waals surface area contributed by atoms with E-state index in [1.807, 2.05) is 27.7 Å². The molecule has 1 amide bonds. The van der Waals surface area contributed by atoms with E-state index in [0.717, 1.165) is 0 Å². The Balaban J connectivity index is 2.16. The Morgan fingerprint density at radius 3 is 2.87 bits per heavy atom. The molecule has 126 valence electrons. The summed E-state index contributed by atoms with van der Waals surface area (Å²) in [5.41, 5.74) is 0.175. The molecule has 2 unspecified atom stereocenters. The van der Waals surface area contributed by atoms with Crippen LogP contribution in [-0.2, 0) is 24.6 Å². The van der Waals surface area contributed by atoms with E-state index in [1.54, 1.807) is 18.3 Å². The van der Waals surface area contributed by atoms with Gasteiger partial charge in [-0.15, -0.1) is 0 Å². The number of rotatable bonds is 5. The highest BCUT2D eigenvalue weighted by molar-refractivity contribution is 5.79. The average Bonchev–Trinajstić information content (AvgIpc) is 2.45. The number of amides is 1. The maximum Gasteiger partial charge on any atom is 0.246 e. The van der Waals surface area contributed by atoms with Gasteiger partial charge in [-0.25, -0.2) is 0 Å². The van der Waals surface area contributed by atoms with Crippen LogP contribution in [0.3, 0.4) is 0 Å². The van der Waals surface area contributed by atoms with Gasteiger partial charge >= 0.3 is 0 Å². The van der Waals surface area contributed by atoms with Crippen LogP contribution >= 0.6 is 0 Å². The summed E-state index contributed by atoms with van der Waals surface area (Å²) < 4.78 is 10.9. The monoisotopic (exact) mass is 321 g/mol. The van der Waals surface area contributed by atoms with Crippen LogP contribution in [0.2, 0.25) is 0 Å². The van der Waals surface area contributed by atoms with Crippen LogP contribution in [0.25, 0.3) is 0 Å². The van der Waals surface area contributed by atoms with E-state index in [2.05, 4.69) is 15.6 Å². The van der Waals surface area contributed by atoms with Gasteiger partial charge in [-0.3, -0.25) is 14.6 Å². The summed E-state index contributed by atoms with van der Waals surface area (Å²) in [6.45, 7) is 7.86. The lowest BCUT2D eigenvalue weighted by atomic mass is 9.96. The molecule has 23 heavy (non-hydrogen) atoms. The number of carbonyl (C=O) groups excluding carboxylic acids is 2. The fourth-order valence-electron chi connectivity index (χ4n) is 2.32. The van der Waals surface area contributed by atoms with Gasteiger partial charge < -0.3 is 20.1 Å². The standard InChI is InChI=1S/C16H23N3O4/c1-15(2,3)23-14(8-20)18-11-5-6-17-12(7-11)16(4)10-22-9-13(21)19-16/h5-8,14H,9-10H2,1-4H3,(H,17,18)(H,19,21). The first-order chi connectivity index (χ1) is 10.7. The number of anilines is 1. The molecule has 1 fully saturated rings. The van der Waals surface area contributed by atoms with E-state index in [1.165, 1.54) is 0 Å². The normalized spacial score (nSPS) is 23.0. The van der Waals surface area contributed by atoms with Gasteiger partial charge in [-0.2, -0.15) is 0 Å². The summed E-state index contributed by atoms with van der Waals surface area (Å²) in [7, 11) is 0. The van der Waals surface area contributed by atoms with Crippen molar-refractivity contribution < 1.29 is 19.1 Å². The van der Waals surface area contributed by atoms with E-state index in [4.69, 9.17) is 9.47 Å². The van der Waals surface area contributed by atoms with Crippen LogP contribution in [-0.4, -0.2) is 42.2 Å². The molecule has 2 atom stereocenters. The van der Waals surface area contributed by atoms with E-state index < -0.39 is 17.4 Å². The summed E-state index contributed by atoms with van der Waals surface area (Å²) in [5, 5.41) is 5.90. The smallest absolute Gasteiger partial charge is 0.246 e. The number of hydrogen-bond acceptors (Lipinski definition) is 6. The number of ether oxygens (including phenoxy) is 2. The third-order valence-corrected chi connectivity index (χ3v) is 3.28.